The first-order valence-electron chi connectivity index (χ1n) is 6.49. The predicted molar refractivity (Wildman–Crippen MR) is 73.9 cm³/mol. The van der Waals surface area contributed by atoms with Crippen molar-refractivity contribution in [2.24, 2.45) is 5.73 Å². The molecule has 110 valence electrons. The highest BCUT2D eigenvalue weighted by atomic mass is 16.5. The summed E-state index contributed by atoms with van der Waals surface area (Å²) in [6, 6.07) is 0. The second-order valence-electron chi connectivity index (χ2n) is 4.38. The highest BCUT2D eigenvalue weighted by Gasteiger charge is 2.21. The Balaban J connectivity index is 2.44. The van der Waals surface area contributed by atoms with Crippen LogP contribution in [-0.4, -0.2) is 60.9 Å². The van der Waals surface area contributed by atoms with Crippen LogP contribution in [0.15, 0.2) is 0 Å². The minimum Gasteiger partial charge on any atom is -0.396 e. The van der Waals surface area contributed by atoms with Crippen LogP contribution in [0.1, 0.15) is 16.2 Å². The summed E-state index contributed by atoms with van der Waals surface area (Å²) in [4.78, 5) is 22.2. The maximum absolute atomic E-state index is 11.6. The number of nitrogens with one attached hydrogen (secondary N) is 1. The summed E-state index contributed by atoms with van der Waals surface area (Å²) < 4.78 is 5.28. The Hall–Kier alpha value is -1.93. The Bertz CT molecular complexity index is 488. The number of anilines is 2. The molecule has 0 radical (unpaired) electrons. The lowest BCUT2D eigenvalue weighted by Gasteiger charge is -2.27. The zero-order valence-electron chi connectivity index (χ0n) is 11.4. The van der Waals surface area contributed by atoms with Crippen LogP contribution in [0.5, 0.6) is 0 Å². The maximum Gasteiger partial charge on any atom is 0.269 e. The first kappa shape index (κ1) is 14.5. The van der Waals surface area contributed by atoms with E-state index in [0.29, 0.717) is 50.1 Å². The number of hydrogen-bond acceptors (Lipinski definition) is 7. The van der Waals surface area contributed by atoms with Gasteiger partial charge in [0.05, 0.1) is 24.6 Å². The highest BCUT2D eigenvalue weighted by Crippen LogP contribution is 2.22. The summed E-state index contributed by atoms with van der Waals surface area (Å²) in [5.74, 6) is -0.171. The molecular weight excluding hydrogens is 262 g/mol. The third-order valence-corrected chi connectivity index (χ3v) is 3.10. The molecule has 8 heteroatoms. The molecule has 1 aliphatic heterocycles. The fourth-order valence-electron chi connectivity index (χ4n) is 2.13. The van der Waals surface area contributed by atoms with Crippen LogP contribution in [0.4, 0.5) is 11.6 Å². The molecule has 0 saturated carbocycles. The average molecular weight is 281 g/mol. The van der Waals surface area contributed by atoms with Crippen LogP contribution in [0.3, 0.4) is 0 Å². The second kappa shape index (κ2) is 6.49. The van der Waals surface area contributed by atoms with Crippen molar-refractivity contribution in [3.8, 4) is 0 Å². The first-order valence-corrected chi connectivity index (χ1v) is 6.49. The molecule has 0 unspecified atom stereocenters. The van der Waals surface area contributed by atoms with E-state index in [4.69, 9.17) is 15.6 Å². The van der Waals surface area contributed by atoms with Crippen LogP contribution >= 0.6 is 0 Å². The van der Waals surface area contributed by atoms with Gasteiger partial charge in [0.25, 0.3) is 5.91 Å². The van der Waals surface area contributed by atoms with E-state index >= 15 is 0 Å². The van der Waals surface area contributed by atoms with E-state index < -0.39 is 5.91 Å². The molecule has 1 aromatic rings. The van der Waals surface area contributed by atoms with Gasteiger partial charge in [-0.3, -0.25) is 4.79 Å². The summed E-state index contributed by atoms with van der Waals surface area (Å²) in [7, 11) is 1.67. The van der Waals surface area contributed by atoms with E-state index in [-0.39, 0.29) is 12.3 Å². The van der Waals surface area contributed by atoms with Gasteiger partial charge in [-0.1, -0.05) is 0 Å². The summed E-state index contributed by atoms with van der Waals surface area (Å²) in [5.41, 5.74) is 6.58. The molecule has 1 saturated heterocycles. The standard InChI is InChI=1S/C12H19N5O3/c1-14-9-8(2-5-18)15-12(16-10(9)11(13)19)17-3-6-20-7-4-17/h14,18H,2-7H2,1H3,(H2,13,19). The van der Waals surface area contributed by atoms with Gasteiger partial charge in [-0.15, -0.1) is 0 Å². The number of hydrogen-bond donors (Lipinski definition) is 3. The first-order chi connectivity index (χ1) is 9.67. The van der Waals surface area contributed by atoms with Gasteiger partial charge in [-0.2, -0.15) is 0 Å². The van der Waals surface area contributed by atoms with Crippen LogP contribution < -0.4 is 16.0 Å². The highest BCUT2D eigenvalue weighted by molar-refractivity contribution is 5.97. The minimum atomic E-state index is -0.620. The number of morpholine rings is 1. The minimum absolute atomic E-state index is 0.0630. The molecule has 20 heavy (non-hydrogen) atoms. The summed E-state index contributed by atoms with van der Waals surface area (Å²) in [5, 5.41) is 12.0. The lowest BCUT2D eigenvalue weighted by atomic mass is 10.2. The number of carbonyl (C=O) groups is 1. The summed E-state index contributed by atoms with van der Waals surface area (Å²) >= 11 is 0. The van der Waals surface area contributed by atoms with Gasteiger partial charge in [0.2, 0.25) is 5.95 Å². The second-order valence-corrected chi connectivity index (χ2v) is 4.38. The molecule has 2 rings (SSSR count). The topological polar surface area (TPSA) is 114 Å². The molecule has 1 aliphatic rings. The van der Waals surface area contributed by atoms with Crippen molar-refractivity contribution in [2.45, 2.75) is 6.42 Å². The van der Waals surface area contributed by atoms with Crippen molar-refractivity contribution in [1.82, 2.24) is 9.97 Å². The largest absolute Gasteiger partial charge is 0.396 e. The van der Waals surface area contributed by atoms with Crippen molar-refractivity contribution in [2.75, 3.05) is 50.2 Å². The Kier molecular flexibility index (Phi) is 4.70. The van der Waals surface area contributed by atoms with Gasteiger partial charge < -0.3 is 25.8 Å². The van der Waals surface area contributed by atoms with E-state index in [1.54, 1.807) is 7.05 Å². The van der Waals surface area contributed by atoms with Gasteiger partial charge in [0.1, 0.15) is 0 Å². The van der Waals surface area contributed by atoms with Crippen LogP contribution in [-0.2, 0) is 11.2 Å². The number of aliphatic hydroxyl groups excluding tert-OH is 1. The Morgan fingerprint density at radius 1 is 1.45 bits per heavy atom. The Morgan fingerprint density at radius 2 is 2.15 bits per heavy atom. The van der Waals surface area contributed by atoms with Gasteiger partial charge in [0.15, 0.2) is 5.69 Å². The summed E-state index contributed by atoms with van der Waals surface area (Å²) in [6.07, 6.45) is 0.330. The Labute approximate surface area is 117 Å². The molecule has 2 heterocycles. The number of primary amides is 1. The van der Waals surface area contributed by atoms with E-state index in [1.165, 1.54) is 0 Å². The molecule has 1 aromatic heterocycles. The predicted octanol–water partition coefficient (Wildman–Crippen LogP) is -1.01. The Morgan fingerprint density at radius 3 is 2.70 bits per heavy atom. The van der Waals surface area contributed by atoms with Gasteiger partial charge in [0, 0.05) is 33.2 Å². The zero-order valence-corrected chi connectivity index (χ0v) is 11.4. The summed E-state index contributed by atoms with van der Waals surface area (Å²) in [6.45, 7) is 2.45. The van der Waals surface area contributed by atoms with Crippen molar-refractivity contribution in [1.29, 1.82) is 0 Å². The molecular formula is C12H19N5O3. The fraction of sp³-hybridized carbons (Fsp3) is 0.583. The molecule has 4 N–H and O–H groups in total. The molecule has 0 atom stereocenters. The molecule has 8 nitrogen and oxygen atoms in total. The lowest BCUT2D eigenvalue weighted by molar-refractivity contribution is 0.0996. The fourth-order valence-corrected chi connectivity index (χ4v) is 2.13. The van der Waals surface area contributed by atoms with Crippen LogP contribution in [0, 0.1) is 0 Å². The molecule has 0 bridgehead atoms. The third kappa shape index (κ3) is 2.97. The smallest absolute Gasteiger partial charge is 0.269 e. The van der Waals surface area contributed by atoms with Crippen LogP contribution in [0.2, 0.25) is 0 Å². The molecule has 1 amide bonds. The number of aromatic nitrogens is 2. The normalized spacial score (nSPS) is 15.2. The van der Waals surface area contributed by atoms with Crippen molar-refractivity contribution in [3.05, 3.63) is 11.4 Å². The van der Waals surface area contributed by atoms with Crippen molar-refractivity contribution >= 4 is 17.5 Å². The molecule has 0 aromatic carbocycles. The SMILES string of the molecule is CNc1c(CCO)nc(N2CCOCC2)nc1C(N)=O. The zero-order chi connectivity index (χ0) is 14.5. The quantitative estimate of drug-likeness (QED) is 0.633. The van der Waals surface area contributed by atoms with E-state index in [0.717, 1.165) is 0 Å². The van der Waals surface area contributed by atoms with Crippen molar-refractivity contribution < 1.29 is 14.6 Å². The number of carbonyl (C=O) groups excluding carboxylic acids is 1. The lowest BCUT2D eigenvalue weighted by Crippen LogP contribution is -2.38. The number of aliphatic hydroxyl groups is 1. The van der Waals surface area contributed by atoms with Gasteiger partial charge in [-0.05, 0) is 0 Å². The average Bonchev–Trinajstić information content (AvgIpc) is 2.47. The number of nitrogens with two attached hydrogens (primary N) is 1. The number of nitrogens with zero attached hydrogens (tertiary/aromatic N) is 3. The number of amides is 1. The number of rotatable bonds is 5. The molecule has 0 aliphatic carbocycles. The van der Waals surface area contributed by atoms with E-state index in [9.17, 15) is 4.79 Å². The monoisotopic (exact) mass is 281 g/mol. The molecule has 0 spiro atoms. The van der Waals surface area contributed by atoms with Crippen LogP contribution in [0.25, 0.3) is 0 Å². The van der Waals surface area contributed by atoms with E-state index in [2.05, 4.69) is 15.3 Å². The van der Waals surface area contributed by atoms with Gasteiger partial charge >= 0.3 is 0 Å². The maximum atomic E-state index is 11.6. The molecule has 1 fully saturated rings. The number of ether oxygens (including phenoxy) is 1. The van der Waals surface area contributed by atoms with Gasteiger partial charge in [-0.25, -0.2) is 9.97 Å². The van der Waals surface area contributed by atoms with Crippen molar-refractivity contribution in [3.63, 3.8) is 0 Å². The van der Waals surface area contributed by atoms with E-state index in [1.807, 2.05) is 4.90 Å². The third-order valence-electron chi connectivity index (χ3n) is 3.10.